The number of carbonyl (C=O) groups is 1. The number of rotatable bonds is 6. The van der Waals surface area contributed by atoms with Gasteiger partial charge in [-0.1, -0.05) is 31.5 Å². The van der Waals surface area contributed by atoms with Crippen LogP contribution in [0.3, 0.4) is 0 Å². The van der Waals surface area contributed by atoms with E-state index < -0.39 is 10.0 Å². The van der Waals surface area contributed by atoms with Gasteiger partial charge in [-0.3, -0.25) is 4.79 Å². The average Bonchev–Trinajstić information content (AvgIpc) is 3.14. The largest absolute Gasteiger partial charge is 0.349 e. The zero-order chi connectivity index (χ0) is 21.2. The first-order valence-electron chi connectivity index (χ1n) is 9.85. The second-order valence-electron chi connectivity index (χ2n) is 7.54. The van der Waals surface area contributed by atoms with E-state index in [2.05, 4.69) is 10.4 Å². The molecule has 2 heterocycles. The van der Waals surface area contributed by atoms with Crippen LogP contribution in [0.4, 0.5) is 0 Å². The van der Waals surface area contributed by atoms with Crippen LogP contribution in [0.15, 0.2) is 30.5 Å². The van der Waals surface area contributed by atoms with Crippen molar-refractivity contribution in [2.45, 2.75) is 45.6 Å². The molecule has 3 rings (SSSR count). The third kappa shape index (κ3) is 4.82. The Balaban J connectivity index is 1.75. The monoisotopic (exact) mass is 438 g/mol. The van der Waals surface area contributed by atoms with Gasteiger partial charge < -0.3 is 5.32 Å². The molecule has 2 aromatic rings. The van der Waals surface area contributed by atoms with Gasteiger partial charge in [0, 0.05) is 24.2 Å². The van der Waals surface area contributed by atoms with Gasteiger partial charge in [0.25, 0.3) is 5.91 Å². The molecule has 1 aromatic carbocycles. The predicted octanol–water partition coefficient (Wildman–Crippen LogP) is 3.19. The first-order valence-corrected chi connectivity index (χ1v) is 11.8. The topological polar surface area (TPSA) is 84.3 Å². The predicted molar refractivity (Wildman–Crippen MR) is 114 cm³/mol. The van der Waals surface area contributed by atoms with E-state index in [0.717, 1.165) is 11.4 Å². The number of piperidine rings is 1. The molecule has 1 aliphatic heterocycles. The molecule has 0 bridgehead atoms. The van der Waals surface area contributed by atoms with Crippen molar-refractivity contribution in [1.82, 2.24) is 19.4 Å². The number of benzene rings is 1. The van der Waals surface area contributed by atoms with Gasteiger partial charge in [0.15, 0.2) is 0 Å². The van der Waals surface area contributed by atoms with Crippen LogP contribution < -0.4 is 5.32 Å². The molecule has 0 spiro atoms. The Labute approximate surface area is 177 Å². The lowest BCUT2D eigenvalue weighted by molar-refractivity contribution is 0.0922. The molecule has 0 saturated carbocycles. The summed E-state index contributed by atoms with van der Waals surface area (Å²) in [5.41, 5.74) is 2.15. The summed E-state index contributed by atoms with van der Waals surface area (Å²) >= 11 is 6.11. The van der Waals surface area contributed by atoms with Crippen LogP contribution in [0.5, 0.6) is 0 Å². The van der Waals surface area contributed by atoms with Crippen LogP contribution in [-0.4, -0.2) is 53.3 Å². The van der Waals surface area contributed by atoms with E-state index in [9.17, 15) is 13.2 Å². The van der Waals surface area contributed by atoms with Crippen molar-refractivity contribution < 1.29 is 13.2 Å². The maximum atomic E-state index is 13.0. The van der Waals surface area contributed by atoms with Crippen LogP contribution in [0, 0.1) is 0 Å². The number of nitrogens with one attached hydrogen (secondary N) is 1. The zero-order valence-corrected chi connectivity index (χ0v) is 18.5. The lowest BCUT2D eigenvalue weighted by atomic mass is 10.0. The van der Waals surface area contributed by atoms with E-state index in [1.54, 1.807) is 23.9 Å². The fourth-order valence-electron chi connectivity index (χ4n) is 3.63. The third-order valence-corrected chi connectivity index (χ3v) is 7.31. The van der Waals surface area contributed by atoms with Crippen molar-refractivity contribution in [3.8, 4) is 5.69 Å². The molecule has 1 saturated heterocycles. The first-order chi connectivity index (χ1) is 13.7. The molecule has 0 atom stereocenters. The van der Waals surface area contributed by atoms with Gasteiger partial charge in [0.1, 0.15) is 0 Å². The Kier molecular flexibility index (Phi) is 6.65. The first kappa shape index (κ1) is 21.8. The summed E-state index contributed by atoms with van der Waals surface area (Å²) in [6, 6.07) is 7.30. The molecular formula is C20H27ClN4O3S. The number of halogens is 1. The number of carbonyl (C=O) groups excluding carboxylic acids is 1. The molecule has 0 aliphatic carbocycles. The van der Waals surface area contributed by atoms with Gasteiger partial charge in [-0.15, -0.1) is 0 Å². The summed E-state index contributed by atoms with van der Waals surface area (Å²) in [6.45, 7) is 6.54. The van der Waals surface area contributed by atoms with Gasteiger partial charge in [0.05, 0.1) is 28.9 Å². The maximum Gasteiger partial charge on any atom is 0.255 e. The van der Waals surface area contributed by atoms with Crippen molar-refractivity contribution in [3.63, 3.8) is 0 Å². The molecule has 1 aliphatic rings. The maximum absolute atomic E-state index is 13.0. The van der Waals surface area contributed by atoms with E-state index >= 15 is 0 Å². The summed E-state index contributed by atoms with van der Waals surface area (Å²) in [4.78, 5) is 13.0. The summed E-state index contributed by atoms with van der Waals surface area (Å²) < 4.78 is 27.3. The van der Waals surface area contributed by atoms with Crippen molar-refractivity contribution in [1.29, 1.82) is 0 Å². The van der Waals surface area contributed by atoms with Gasteiger partial charge >= 0.3 is 0 Å². The van der Waals surface area contributed by atoms with Crippen LogP contribution >= 0.6 is 11.6 Å². The molecule has 0 radical (unpaired) electrons. The Hall–Kier alpha value is -1.90. The van der Waals surface area contributed by atoms with E-state index in [0.29, 0.717) is 36.5 Å². The molecule has 1 aromatic heterocycles. The van der Waals surface area contributed by atoms with Crippen LogP contribution in [0.2, 0.25) is 5.02 Å². The lowest BCUT2D eigenvalue weighted by Crippen LogP contribution is -2.47. The zero-order valence-electron chi connectivity index (χ0n) is 16.9. The minimum Gasteiger partial charge on any atom is -0.349 e. The van der Waals surface area contributed by atoms with Crippen molar-refractivity contribution >= 4 is 27.5 Å². The summed E-state index contributed by atoms with van der Waals surface area (Å²) in [6.07, 6.45) is 2.79. The molecule has 0 unspecified atom stereocenters. The van der Waals surface area contributed by atoms with E-state index in [-0.39, 0.29) is 23.6 Å². The molecule has 9 heteroatoms. The SMILES string of the molecule is CCS(=O)(=O)N1CCC(NC(=O)c2cnn(-c3cccc(Cl)c3)c2C(C)C)CC1. The second-order valence-corrected chi connectivity index (χ2v) is 10.2. The lowest BCUT2D eigenvalue weighted by Gasteiger charge is -2.31. The van der Waals surface area contributed by atoms with Crippen molar-refractivity contribution in [2.24, 2.45) is 0 Å². The molecule has 1 fully saturated rings. The van der Waals surface area contributed by atoms with Gasteiger partial charge in [-0.05, 0) is 43.9 Å². The van der Waals surface area contributed by atoms with E-state index in [1.165, 1.54) is 4.31 Å². The molecule has 29 heavy (non-hydrogen) atoms. The van der Waals surface area contributed by atoms with E-state index in [4.69, 9.17) is 11.6 Å². The Bertz CT molecular complexity index is 979. The number of nitrogens with zero attached hydrogens (tertiary/aromatic N) is 3. The highest BCUT2D eigenvalue weighted by molar-refractivity contribution is 7.89. The molecule has 1 N–H and O–H groups in total. The number of amides is 1. The van der Waals surface area contributed by atoms with Gasteiger partial charge in [0.2, 0.25) is 10.0 Å². The minimum absolute atomic E-state index is 0.0552. The van der Waals surface area contributed by atoms with Crippen molar-refractivity contribution in [3.05, 3.63) is 46.7 Å². The van der Waals surface area contributed by atoms with Gasteiger partial charge in [-0.2, -0.15) is 5.10 Å². The number of aromatic nitrogens is 2. The second kappa shape index (κ2) is 8.85. The summed E-state index contributed by atoms with van der Waals surface area (Å²) in [7, 11) is -3.18. The Morgan fingerprint density at radius 3 is 2.59 bits per heavy atom. The van der Waals surface area contributed by atoms with E-state index in [1.807, 2.05) is 32.0 Å². The normalized spacial score (nSPS) is 16.3. The molecule has 1 amide bonds. The smallest absolute Gasteiger partial charge is 0.255 e. The Morgan fingerprint density at radius 1 is 1.31 bits per heavy atom. The fourth-order valence-corrected chi connectivity index (χ4v) is 4.94. The molecular weight excluding hydrogens is 412 g/mol. The minimum atomic E-state index is -3.18. The van der Waals surface area contributed by atoms with Crippen LogP contribution in [0.25, 0.3) is 5.69 Å². The Morgan fingerprint density at radius 2 is 2.00 bits per heavy atom. The summed E-state index contributed by atoms with van der Waals surface area (Å²) in [5, 5.41) is 8.09. The number of sulfonamides is 1. The number of hydrogen-bond acceptors (Lipinski definition) is 4. The number of hydrogen-bond donors (Lipinski definition) is 1. The highest BCUT2D eigenvalue weighted by Crippen LogP contribution is 2.25. The quantitative estimate of drug-likeness (QED) is 0.750. The fraction of sp³-hybridized carbons (Fsp3) is 0.500. The average molecular weight is 439 g/mol. The molecule has 7 nitrogen and oxygen atoms in total. The standard InChI is InChI=1S/C20H27ClN4O3S/c1-4-29(27,28)24-10-8-16(9-11-24)23-20(26)18-13-22-25(19(18)14(2)3)17-7-5-6-15(21)12-17/h5-7,12-14,16H,4,8-11H2,1-3H3,(H,23,26). The van der Waals surface area contributed by atoms with Crippen LogP contribution in [0.1, 0.15) is 55.6 Å². The highest BCUT2D eigenvalue weighted by Gasteiger charge is 2.29. The van der Waals surface area contributed by atoms with Gasteiger partial charge in [-0.25, -0.2) is 17.4 Å². The van der Waals surface area contributed by atoms with Crippen molar-refractivity contribution in [2.75, 3.05) is 18.8 Å². The third-order valence-electron chi connectivity index (χ3n) is 5.20. The van der Waals surface area contributed by atoms with Crippen LogP contribution in [-0.2, 0) is 10.0 Å². The summed E-state index contributed by atoms with van der Waals surface area (Å²) in [5.74, 6) is -0.00247. The molecule has 158 valence electrons. The highest BCUT2D eigenvalue weighted by atomic mass is 35.5.